The number of carbonyl (C=O) groups is 2. The summed E-state index contributed by atoms with van der Waals surface area (Å²) in [6, 6.07) is 7.49. The van der Waals surface area contributed by atoms with Gasteiger partial charge in [-0.05, 0) is 70.4 Å². The predicted octanol–water partition coefficient (Wildman–Crippen LogP) is 3.07. The molecule has 1 aromatic carbocycles. The van der Waals surface area contributed by atoms with Crippen molar-refractivity contribution >= 4 is 17.7 Å². The van der Waals surface area contributed by atoms with Crippen LogP contribution >= 0.6 is 0 Å². The molecule has 3 aliphatic heterocycles. The molecule has 0 saturated carbocycles. The molecule has 48 heavy (non-hydrogen) atoms. The first-order valence-electron chi connectivity index (χ1n) is 16.7. The fourth-order valence-corrected chi connectivity index (χ4v) is 6.69. The molecule has 5 rings (SSSR count). The van der Waals surface area contributed by atoms with Gasteiger partial charge in [0.1, 0.15) is 23.7 Å². The molecule has 3 aliphatic rings. The number of pyridine rings is 1. The molecule has 0 radical (unpaired) electrons. The monoisotopic (exact) mass is 671 g/mol. The van der Waals surface area contributed by atoms with E-state index in [9.17, 15) is 19.1 Å². The Morgan fingerprint density at radius 3 is 2.50 bits per heavy atom. The van der Waals surface area contributed by atoms with Gasteiger partial charge < -0.3 is 33.9 Å². The second-order valence-corrected chi connectivity index (χ2v) is 14.0. The number of rotatable bonds is 9. The number of piperazine rings is 1. The van der Waals surface area contributed by atoms with Crippen molar-refractivity contribution in [3.8, 4) is 5.88 Å². The quantitative estimate of drug-likeness (QED) is 0.427. The summed E-state index contributed by atoms with van der Waals surface area (Å²) in [7, 11) is 1.68. The van der Waals surface area contributed by atoms with Crippen LogP contribution in [-0.2, 0) is 32.0 Å². The van der Waals surface area contributed by atoms with Gasteiger partial charge in [-0.15, -0.1) is 0 Å². The van der Waals surface area contributed by atoms with Crippen LogP contribution in [0.3, 0.4) is 0 Å². The van der Waals surface area contributed by atoms with E-state index in [1.807, 2.05) is 40.7 Å². The molecule has 0 aliphatic carbocycles. The molecule has 2 fully saturated rings. The molecule has 264 valence electrons. The minimum Gasteiger partial charge on any atom is -0.474 e. The van der Waals surface area contributed by atoms with Crippen molar-refractivity contribution in [3.05, 3.63) is 53.0 Å². The molecular formula is C35H50FN5O7. The standard InChI is InChI=1S/C35H50FN5O7/c1-23-15-39(28(17-40(23)34(44)48-35(3,4)5)16-38-11-12-46-22-29(38)21-45-6)18-32(43)41-24(2)20-47-33-31(41)14-26(30(19-42)37-33)13-25-7-9-27(36)10-8-25/h7-10,14,23-24,28-29,42H,11-13,15-22H2,1-6H3/t23-,24+,28+,29-/m1/s1. The molecule has 13 heteroatoms. The number of anilines is 1. The maximum absolute atomic E-state index is 14.4. The summed E-state index contributed by atoms with van der Waals surface area (Å²) >= 11 is 0. The lowest BCUT2D eigenvalue weighted by molar-refractivity contribution is -0.122. The van der Waals surface area contributed by atoms with Crippen LogP contribution in [0.4, 0.5) is 14.9 Å². The zero-order valence-corrected chi connectivity index (χ0v) is 29.0. The summed E-state index contributed by atoms with van der Waals surface area (Å²) in [5.74, 6) is -0.147. The lowest BCUT2D eigenvalue weighted by Gasteiger charge is -2.48. The van der Waals surface area contributed by atoms with E-state index in [2.05, 4.69) is 14.8 Å². The van der Waals surface area contributed by atoms with E-state index in [1.54, 1.807) is 29.0 Å². The summed E-state index contributed by atoms with van der Waals surface area (Å²) < 4.78 is 36.5. The van der Waals surface area contributed by atoms with Gasteiger partial charge in [0.2, 0.25) is 11.8 Å². The Labute approximate surface area is 282 Å². The number of hydrogen-bond donors (Lipinski definition) is 1. The molecule has 0 bridgehead atoms. The van der Waals surface area contributed by atoms with E-state index in [-0.39, 0.29) is 61.7 Å². The number of aliphatic hydroxyl groups is 1. The SMILES string of the molecule is COC[C@@H]1COCCN1C[C@H]1CN(C(=O)OC(C)(C)C)[C@H](C)CN1CC(=O)N1c2cc(Cc3ccc(F)cc3)c(CO)nc2OC[C@@H]1C. The number of aliphatic hydroxyl groups excluding tert-OH is 1. The number of morpholine rings is 1. The number of carbonyl (C=O) groups excluding carboxylic acids is 2. The lowest BCUT2D eigenvalue weighted by Crippen LogP contribution is -2.65. The van der Waals surface area contributed by atoms with Crippen LogP contribution in [0.15, 0.2) is 30.3 Å². The Morgan fingerprint density at radius 1 is 1.06 bits per heavy atom. The molecule has 0 unspecified atom stereocenters. The fraction of sp³-hybridized carbons (Fsp3) is 0.629. The van der Waals surface area contributed by atoms with Gasteiger partial charge in [0.25, 0.3) is 0 Å². The number of methoxy groups -OCH3 is 1. The molecule has 4 atom stereocenters. The minimum atomic E-state index is -0.632. The lowest BCUT2D eigenvalue weighted by atomic mass is 10.0. The van der Waals surface area contributed by atoms with Gasteiger partial charge in [-0.25, -0.2) is 14.2 Å². The van der Waals surface area contributed by atoms with Gasteiger partial charge in [0, 0.05) is 45.4 Å². The van der Waals surface area contributed by atoms with Crippen LogP contribution in [0, 0.1) is 5.82 Å². The van der Waals surface area contributed by atoms with Crippen molar-refractivity contribution in [1.29, 1.82) is 0 Å². The van der Waals surface area contributed by atoms with Crippen LogP contribution in [0.5, 0.6) is 5.88 Å². The van der Waals surface area contributed by atoms with Gasteiger partial charge in [-0.2, -0.15) is 0 Å². The number of hydrogen-bond acceptors (Lipinski definition) is 10. The smallest absolute Gasteiger partial charge is 0.410 e. The summed E-state index contributed by atoms with van der Waals surface area (Å²) in [5, 5.41) is 10.1. The summed E-state index contributed by atoms with van der Waals surface area (Å²) in [6.07, 6.45) is 0.0397. The summed E-state index contributed by atoms with van der Waals surface area (Å²) in [6.45, 7) is 13.5. The van der Waals surface area contributed by atoms with Gasteiger partial charge in [-0.1, -0.05) is 12.1 Å². The first kappa shape index (κ1) is 35.9. The van der Waals surface area contributed by atoms with Crippen molar-refractivity contribution in [2.24, 2.45) is 0 Å². The second-order valence-electron chi connectivity index (χ2n) is 14.0. The number of aromatic nitrogens is 1. The van der Waals surface area contributed by atoms with Gasteiger partial charge >= 0.3 is 6.09 Å². The van der Waals surface area contributed by atoms with Crippen LogP contribution in [0.25, 0.3) is 0 Å². The van der Waals surface area contributed by atoms with Gasteiger partial charge in [0.05, 0.1) is 50.7 Å². The van der Waals surface area contributed by atoms with Crippen molar-refractivity contribution in [2.75, 3.05) is 71.2 Å². The summed E-state index contributed by atoms with van der Waals surface area (Å²) in [4.78, 5) is 40.3. The van der Waals surface area contributed by atoms with Crippen LogP contribution in [0.2, 0.25) is 0 Å². The third-order valence-electron chi connectivity index (χ3n) is 9.10. The Morgan fingerprint density at radius 2 is 1.81 bits per heavy atom. The molecule has 2 aromatic rings. The van der Waals surface area contributed by atoms with Gasteiger partial charge in [0.15, 0.2) is 0 Å². The topological polar surface area (TPSA) is 117 Å². The van der Waals surface area contributed by atoms with Crippen molar-refractivity contribution in [3.63, 3.8) is 0 Å². The van der Waals surface area contributed by atoms with E-state index in [4.69, 9.17) is 18.9 Å². The average Bonchev–Trinajstić information content (AvgIpc) is 3.03. The molecule has 1 aromatic heterocycles. The molecule has 2 amide bonds. The molecule has 1 N–H and O–H groups in total. The number of nitrogens with zero attached hydrogens (tertiary/aromatic N) is 5. The molecular weight excluding hydrogens is 621 g/mol. The highest BCUT2D eigenvalue weighted by molar-refractivity contribution is 5.97. The second kappa shape index (κ2) is 15.5. The van der Waals surface area contributed by atoms with E-state index in [0.717, 1.165) is 17.7 Å². The molecule has 2 saturated heterocycles. The van der Waals surface area contributed by atoms with E-state index >= 15 is 0 Å². The highest BCUT2D eigenvalue weighted by Crippen LogP contribution is 2.35. The Kier molecular flexibility index (Phi) is 11.6. The maximum atomic E-state index is 14.4. The van der Waals surface area contributed by atoms with Crippen LogP contribution in [0.1, 0.15) is 51.4 Å². The minimum absolute atomic E-state index is 0.0630. The number of ether oxygens (including phenoxy) is 4. The molecule has 0 spiro atoms. The normalized spacial score (nSPS) is 23.8. The van der Waals surface area contributed by atoms with E-state index < -0.39 is 5.60 Å². The zero-order chi connectivity index (χ0) is 34.6. The summed E-state index contributed by atoms with van der Waals surface area (Å²) in [5.41, 5.74) is 1.94. The largest absolute Gasteiger partial charge is 0.474 e. The Bertz CT molecular complexity index is 1420. The highest BCUT2D eigenvalue weighted by Gasteiger charge is 2.41. The predicted molar refractivity (Wildman–Crippen MR) is 178 cm³/mol. The molecule has 4 heterocycles. The highest BCUT2D eigenvalue weighted by atomic mass is 19.1. The first-order valence-corrected chi connectivity index (χ1v) is 16.7. The van der Waals surface area contributed by atoms with Gasteiger partial charge in [-0.3, -0.25) is 14.6 Å². The maximum Gasteiger partial charge on any atom is 0.410 e. The zero-order valence-electron chi connectivity index (χ0n) is 29.0. The third-order valence-corrected chi connectivity index (χ3v) is 9.10. The average molecular weight is 672 g/mol. The van der Waals surface area contributed by atoms with Crippen molar-refractivity contribution in [1.82, 2.24) is 19.7 Å². The van der Waals surface area contributed by atoms with E-state index in [1.165, 1.54) is 12.1 Å². The Hall–Kier alpha value is -3.36. The number of benzene rings is 1. The van der Waals surface area contributed by atoms with Crippen LogP contribution < -0.4 is 9.64 Å². The number of halogens is 1. The number of amides is 2. The van der Waals surface area contributed by atoms with E-state index in [0.29, 0.717) is 63.1 Å². The fourth-order valence-electron chi connectivity index (χ4n) is 6.69. The van der Waals surface area contributed by atoms with Crippen molar-refractivity contribution in [2.45, 2.75) is 77.4 Å². The Balaban J connectivity index is 1.41. The number of fused-ring (bicyclic) bond motifs is 1. The molecule has 12 nitrogen and oxygen atoms in total. The van der Waals surface area contributed by atoms with Crippen molar-refractivity contribution < 1.29 is 38.0 Å². The van der Waals surface area contributed by atoms with Crippen LogP contribution in [-0.4, -0.2) is 133 Å². The third kappa shape index (κ3) is 8.61. The first-order chi connectivity index (χ1) is 22.9.